The minimum Gasteiger partial charge on any atom is -0.298 e. The number of hydrogen-bond donors (Lipinski definition) is 0. The minimum absolute atomic E-state index is 0.538. The lowest BCUT2D eigenvalue weighted by molar-refractivity contribution is 0.913. The molecule has 2 aromatic rings. The second-order valence-corrected chi connectivity index (χ2v) is 4.85. The third kappa shape index (κ3) is 1.24. The minimum atomic E-state index is 0.538. The van der Waals surface area contributed by atoms with Gasteiger partial charge >= 0.3 is 0 Å². The van der Waals surface area contributed by atoms with E-state index in [1.807, 2.05) is 6.20 Å². The first-order valence-electron chi connectivity index (χ1n) is 4.45. The molecule has 1 fully saturated rings. The van der Waals surface area contributed by atoms with Gasteiger partial charge in [0.15, 0.2) is 5.15 Å². The van der Waals surface area contributed by atoms with Crippen LogP contribution in [-0.4, -0.2) is 14.4 Å². The Morgan fingerprint density at radius 3 is 3.00 bits per heavy atom. The molecule has 0 saturated heterocycles. The van der Waals surface area contributed by atoms with Crippen molar-refractivity contribution in [3.63, 3.8) is 0 Å². The molecular weight excluding hydrogens is 312 g/mol. The summed E-state index contributed by atoms with van der Waals surface area (Å²) < 4.78 is 3.01. The molecular formula is C9H7ClIN3. The molecule has 1 saturated carbocycles. The first-order chi connectivity index (χ1) is 6.77. The topological polar surface area (TPSA) is 30.2 Å². The van der Waals surface area contributed by atoms with Crippen LogP contribution in [0.3, 0.4) is 0 Å². The molecule has 0 N–H and O–H groups in total. The van der Waals surface area contributed by atoms with E-state index in [4.69, 9.17) is 11.6 Å². The Balaban J connectivity index is 2.37. The van der Waals surface area contributed by atoms with Crippen LogP contribution in [0.5, 0.6) is 0 Å². The largest absolute Gasteiger partial charge is 0.298 e. The molecule has 0 unspecified atom stereocenters. The Labute approximate surface area is 99.6 Å². The summed E-state index contributed by atoms with van der Waals surface area (Å²) in [5.41, 5.74) is 0.941. The third-order valence-corrected chi connectivity index (χ3v) is 3.47. The average molecular weight is 320 g/mol. The molecule has 0 radical (unpaired) electrons. The standard InChI is InChI=1S/C9H7ClIN3/c10-7-6-8(11)13-9(5-1-2-5)14(6)4-3-12-7/h3-5H,1-2H2. The van der Waals surface area contributed by atoms with Crippen molar-refractivity contribution < 1.29 is 0 Å². The number of nitrogens with zero attached hydrogens (tertiary/aromatic N) is 3. The van der Waals surface area contributed by atoms with Gasteiger partial charge in [-0.15, -0.1) is 0 Å². The summed E-state index contributed by atoms with van der Waals surface area (Å²) in [7, 11) is 0. The number of rotatable bonds is 1. The van der Waals surface area contributed by atoms with Gasteiger partial charge < -0.3 is 0 Å². The maximum absolute atomic E-state index is 6.02. The van der Waals surface area contributed by atoms with Crippen molar-refractivity contribution in [3.05, 3.63) is 27.1 Å². The predicted molar refractivity (Wildman–Crippen MR) is 62.7 cm³/mol. The molecule has 5 heteroatoms. The van der Waals surface area contributed by atoms with E-state index in [1.54, 1.807) is 6.20 Å². The fourth-order valence-corrected chi connectivity index (χ4v) is 2.77. The van der Waals surface area contributed by atoms with Crippen molar-refractivity contribution in [2.75, 3.05) is 0 Å². The monoisotopic (exact) mass is 319 g/mol. The Morgan fingerprint density at radius 2 is 2.29 bits per heavy atom. The van der Waals surface area contributed by atoms with Crippen LogP contribution in [0, 0.1) is 3.70 Å². The average Bonchev–Trinajstić information content (AvgIpc) is 2.93. The number of halogens is 2. The van der Waals surface area contributed by atoms with Crippen LogP contribution in [0.1, 0.15) is 24.6 Å². The lowest BCUT2D eigenvalue weighted by atomic mass is 10.4. The van der Waals surface area contributed by atoms with Gasteiger partial charge in [0, 0.05) is 18.3 Å². The van der Waals surface area contributed by atoms with Gasteiger partial charge in [0.1, 0.15) is 15.0 Å². The molecule has 0 spiro atoms. The lowest BCUT2D eigenvalue weighted by Crippen LogP contribution is -1.92. The molecule has 0 atom stereocenters. The van der Waals surface area contributed by atoms with Crippen molar-refractivity contribution >= 4 is 39.7 Å². The van der Waals surface area contributed by atoms with E-state index in [9.17, 15) is 0 Å². The highest BCUT2D eigenvalue weighted by molar-refractivity contribution is 14.1. The van der Waals surface area contributed by atoms with Crippen molar-refractivity contribution in [3.8, 4) is 0 Å². The van der Waals surface area contributed by atoms with Gasteiger partial charge in [-0.2, -0.15) is 0 Å². The van der Waals surface area contributed by atoms with Gasteiger partial charge in [-0.1, -0.05) is 11.6 Å². The summed E-state index contributed by atoms with van der Waals surface area (Å²) in [4.78, 5) is 8.60. The predicted octanol–water partition coefficient (Wildman–Crippen LogP) is 2.86. The fraction of sp³-hybridized carbons (Fsp3) is 0.333. The van der Waals surface area contributed by atoms with Gasteiger partial charge in [-0.3, -0.25) is 4.40 Å². The Morgan fingerprint density at radius 1 is 1.50 bits per heavy atom. The number of fused-ring (bicyclic) bond motifs is 1. The zero-order valence-electron chi connectivity index (χ0n) is 7.24. The molecule has 3 nitrogen and oxygen atoms in total. The first kappa shape index (κ1) is 8.91. The number of imidazole rings is 1. The van der Waals surface area contributed by atoms with E-state index >= 15 is 0 Å². The van der Waals surface area contributed by atoms with Gasteiger partial charge in [-0.05, 0) is 35.4 Å². The van der Waals surface area contributed by atoms with Crippen molar-refractivity contribution in [2.24, 2.45) is 0 Å². The summed E-state index contributed by atoms with van der Waals surface area (Å²) in [5, 5.41) is 0.538. The smallest absolute Gasteiger partial charge is 0.155 e. The van der Waals surface area contributed by atoms with Gasteiger partial charge in [0.2, 0.25) is 0 Å². The highest BCUT2D eigenvalue weighted by atomic mass is 127. The fourth-order valence-electron chi connectivity index (χ4n) is 1.61. The molecule has 14 heavy (non-hydrogen) atoms. The zero-order chi connectivity index (χ0) is 9.71. The number of hydrogen-bond acceptors (Lipinski definition) is 2. The maximum atomic E-state index is 6.02. The third-order valence-electron chi connectivity index (χ3n) is 2.44. The van der Waals surface area contributed by atoms with Crippen molar-refractivity contribution in [2.45, 2.75) is 18.8 Å². The van der Waals surface area contributed by atoms with E-state index in [1.165, 1.54) is 12.8 Å². The second-order valence-electron chi connectivity index (χ2n) is 3.47. The normalized spacial score (nSPS) is 16.4. The van der Waals surface area contributed by atoms with Gasteiger partial charge in [-0.25, -0.2) is 9.97 Å². The molecule has 1 aliphatic carbocycles. The summed E-state index contributed by atoms with van der Waals surface area (Å²) in [6, 6.07) is 0. The molecule has 2 heterocycles. The van der Waals surface area contributed by atoms with Crippen LogP contribution >= 0.6 is 34.2 Å². The Hall–Kier alpha value is -0.360. The van der Waals surface area contributed by atoms with E-state index < -0.39 is 0 Å². The molecule has 0 aromatic carbocycles. The van der Waals surface area contributed by atoms with E-state index in [2.05, 4.69) is 37.0 Å². The van der Waals surface area contributed by atoms with Crippen LogP contribution in [0.15, 0.2) is 12.4 Å². The first-order valence-corrected chi connectivity index (χ1v) is 5.91. The van der Waals surface area contributed by atoms with Gasteiger partial charge in [0.05, 0.1) is 0 Å². The zero-order valence-corrected chi connectivity index (χ0v) is 10.2. The summed E-state index contributed by atoms with van der Waals surface area (Å²) in [5.74, 6) is 1.76. The van der Waals surface area contributed by atoms with Crippen LogP contribution in [0.2, 0.25) is 5.15 Å². The molecule has 0 bridgehead atoms. The second kappa shape index (κ2) is 3.06. The van der Waals surface area contributed by atoms with E-state index in [0.717, 1.165) is 15.0 Å². The molecule has 0 amide bonds. The molecule has 1 aliphatic rings. The maximum Gasteiger partial charge on any atom is 0.155 e. The summed E-state index contributed by atoms with van der Waals surface area (Å²) in [6.07, 6.45) is 6.15. The highest BCUT2D eigenvalue weighted by Crippen LogP contribution is 2.40. The van der Waals surface area contributed by atoms with Crippen LogP contribution in [0.25, 0.3) is 5.52 Å². The SMILES string of the molecule is Clc1nccn2c(C3CC3)nc(I)c12. The molecule has 0 aliphatic heterocycles. The summed E-state index contributed by atoms with van der Waals surface area (Å²) in [6.45, 7) is 0. The van der Waals surface area contributed by atoms with Crippen LogP contribution < -0.4 is 0 Å². The molecule has 2 aromatic heterocycles. The Bertz CT molecular complexity index is 504. The van der Waals surface area contributed by atoms with Crippen LogP contribution in [-0.2, 0) is 0 Å². The van der Waals surface area contributed by atoms with Crippen molar-refractivity contribution in [1.29, 1.82) is 0 Å². The number of aromatic nitrogens is 3. The van der Waals surface area contributed by atoms with Crippen LogP contribution in [0.4, 0.5) is 0 Å². The Kier molecular flexibility index (Phi) is 1.95. The molecule has 72 valence electrons. The van der Waals surface area contributed by atoms with E-state index in [0.29, 0.717) is 11.1 Å². The quantitative estimate of drug-likeness (QED) is 0.757. The molecule has 3 rings (SSSR count). The van der Waals surface area contributed by atoms with Crippen molar-refractivity contribution in [1.82, 2.24) is 14.4 Å². The van der Waals surface area contributed by atoms with E-state index in [-0.39, 0.29) is 0 Å². The lowest BCUT2D eigenvalue weighted by Gasteiger charge is -1.98. The highest BCUT2D eigenvalue weighted by Gasteiger charge is 2.29. The summed E-state index contributed by atoms with van der Waals surface area (Å²) >= 11 is 8.23. The van der Waals surface area contributed by atoms with Gasteiger partial charge in [0.25, 0.3) is 0 Å².